The highest BCUT2D eigenvalue weighted by molar-refractivity contribution is 7.89. The van der Waals surface area contributed by atoms with Gasteiger partial charge < -0.3 is 9.64 Å². The van der Waals surface area contributed by atoms with Crippen LogP contribution in [0.5, 0.6) is 0 Å². The Kier molecular flexibility index (Phi) is 4.89. The second kappa shape index (κ2) is 6.36. The molecule has 1 aromatic carbocycles. The van der Waals surface area contributed by atoms with Gasteiger partial charge in [-0.2, -0.15) is 0 Å². The molecule has 0 spiro atoms. The molecule has 22 heavy (non-hydrogen) atoms. The summed E-state index contributed by atoms with van der Waals surface area (Å²) < 4.78 is 31.7. The van der Waals surface area contributed by atoms with E-state index in [2.05, 4.69) is 4.72 Å². The molecule has 1 saturated heterocycles. The number of carbonyl (C=O) groups excluding carboxylic acids is 1. The molecular weight excluding hydrogens is 304 g/mol. The SMILES string of the molecule is CNS(=O)(=O)c1ccc(C)c(C(=O)N2CC(C)OC(C)C2)c1. The van der Waals surface area contributed by atoms with E-state index in [9.17, 15) is 13.2 Å². The molecule has 0 aliphatic carbocycles. The average Bonchev–Trinajstić information content (AvgIpc) is 2.45. The van der Waals surface area contributed by atoms with Crippen molar-refractivity contribution >= 4 is 15.9 Å². The van der Waals surface area contributed by atoms with E-state index in [1.165, 1.54) is 19.2 Å². The van der Waals surface area contributed by atoms with E-state index in [1.54, 1.807) is 17.9 Å². The van der Waals surface area contributed by atoms with Gasteiger partial charge in [-0.25, -0.2) is 13.1 Å². The predicted octanol–water partition coefficient (Wildman–Crippen LogP) is 1.15. The molecule has 2 unspecified atom stereocenters. The van der Waals surface area contributed by atoms with Crippen molar-refractivity contribution in [1.29, 1.82) is 0 Å². The van der Waals surface area contributed by atoms with Crippen LogP contribution < -0.4 is 4.72 Å². The lowest BCUT2D eigenvalue weighted by Gasteiger charge is -2.35. The zero-order valence-electron chi connectivity index (χ0n) is 13.3. The predicted molar refractivity (Wildman–Crippen MR) is 83.3 cm³/mol. The Morgan fingerprint density at radius 1 is 1.27 bits per heavy atom. The second-order valence-electron chi connectivity index (χ2n) is 5.65. The number of hydrogen-bond acceptors (Lipinski definition) is 4. The first kappa shape index (κ1) is 16.9. The lowest BCUT2D eigenvalue weighted by Crippen LogP contribution is -2.48. The van der Waals surface area contributed by atoms with Crippen molar-refractivity contribution in [3.63, 3.8) is 0 Å². The number of rotatable bonds is 3. The Morgan fingerprint density at radius 3 is 2.41 bits per heavy atom. The summed E-state index contributed by atoms with van der Waals surface area (Å²) in [7, 11) is -2.22. The first-order valence-electron chi connectivity index (χ1n) is 7.23. The molecule has 6 nitrogen and oxygen atoms in total. The van der Waals surface area contributed by atoms with Gasteiger partial charge in [0.05, 0.1) is 17.1 Å². The molecule has 1 amide bonds. The second-order valence-corrected chi connectivity index (χ2v) is 7.54. The largest absolute Gasteiger partial charge is 0.372 e. The number of nitrogens with one attached hydrogen (secondary N) is 1. The number of carbonyl (C=O) groups is 1. The van der Waals surface area contributed by atoms with E-state index in [-0.39, 0.29) is 23.0 Å². The fourth-order valence-corrected chi connectivity index (χ4v) is 3.39. The van der Waals surface area contributed by atoms with Crippen LogP contribution in [0.25, 0.3) is 0 Å². The molecule has 2 rings (SSSR count). The minimum absolute atomic E-state index is 0.0303. The van der Waals surface area contributed by atoms with Gasteiger partial charge in [-0.3, -0.25) is 4.79 Å². The van der Waals surface area contributed by atoms with Gasteiger partial charge in [0.1, 0.15) is 0 Å². The Labute approximate surface area is 131 Å². The van der Waals surface area contributed by atoms with E-state index < -0.39 is 10.0 Å². The van der Waals surface area contributed by atoms with Gasteiger partial charge in [-0.1, -0.05) is 6.07 Å². The van der Waals surface area contributed by atoms with Gasteiger partial charge in [0.2, 0.25) is 10.0 Å². The summed E-state index contributed by atoms with van der Waals surface area (Å²) in [6.07, 6.45) is -0.0607. The first-order valence-corrected chi connectivity index (χ1v) is 8.72. The van der Waals surface area contributed by atoms with Crippen molar-refractivity contribution < 1.29 is 17.9 Å². The van der Waals surface area contributed by atoms with Crippen LogP contribution in [0.15, 0.2) is 23.1 Å². The van der Waals surface area contributed by atoms with Crippen LogP contribution in [0.1, 0.15) is 29.8 Å². The van der Waals surface area contributed by atoms with Crippen LogP contribution in [0.2, 0.25) is 0 Å². The Balaban J connectivity index is 2.35. The minimum Gasteiger partial charge on any atom is -0.372 e. The minimum atomic E-state index is -3.57. The maximum absolute atomic E-state index is 12.7. The van der Waals surface area contributed by atoms with Crippen molar-refractivity contribution in [2.45, 2.75) is 37.9 Å². The fraction of sp³-hybridized carbons (Fsp3) is 0.533. The number of sulfonamides is 1. The van der Waals surface area contributed by atoms with Gasteiger partial charge in [0, 0.05) is 18.7 Å². The van der Waals surface area contributed by atoms with Crippen molar-refractivity contribution in [3.8, 4) is 0 Å². The molecule has 0 aromatic heterocycles. The Bertz CT molecular complexity index is 662. The molecule has 1 fully saturated rings. The molecule has 2 atom stereocenters. The summed E-state index contributed by atoms with van der Waals surface area (Å²) in [6, 6.07) is 4.60. The lowest BCUT2D eigenvalue weighted by molar-refractivity contribution is -0.0586. The third-order valence-electron chi connectivity index (χ3n) is 3.73. The van der Waals surface area contributed by atoms with Crippen molar-refractivity contribution in [1.82, 2.24) is 9.62 Å². The van der Waals surface area contributed by atoms with Crippen molar-refractivity contribution in [2.24, 2.45) is 0 Å². The third-order valence-corrected chi connectivity index (χ3v) is 5.14. The van der Waals surface area contributed by atoms with E-state index in [4.69, 9.17) is 4.74 Å². The molecule has 0 radical (unpaired) electrons. The maximum atomic E-state index is 12.7. The Hall–Kier alpha value is -1.44. The van der Waals surface area contributed by atoms with Gasteiger partial charge in [0.25, 0.3) is 5.91 Å². The quantitative estimate of drug-likeness (QED) is 0.904. The molecule has 0 bridgehead atoms. The summed E-state index contributed by atoms with van der Waals surface area (Å²) in [5, 5.41) is 0. The average molecular weight is 326 g/mol. The molecule has 1 heterocycles. The highest BCUT2D eigenvalue weighted by Crippen LogP contribution is 2.20. The number of ether oxygens (including phenoxy) is 1. The van der Waals surface area contributed by atoms with Crippen molar-refractivity contribution in [2.75, 3.05) is 20.1 Å². The fourth-order valence-electron chi connectivity index (χ4n) is 2.63. The van der Waals surface area contributed by atoms with E-state index in [0.717, 1.165) is 5.56 Å². The monoisotopic (exact) mass is 326 g/mol. The molecular formula is C15H22N2O4S. The van der Waals surface area contributed by atoms with Crippen LogP contribution in [0, 0.1) is 6.92 Å². The highest BCUT2D eigenvalue weighted by atomic mass is 32.2. The third kappa shape index (κ3) is 3.48. The van der Waals surface area contributed by atoms with Crippen molar-refractivity contribution in [3.05, 3.63) is 29.3 Å². The highest BCUT2D eigenvalue weighted by Gasteiger charge is 2.28. The number of amides is 1. The van der Waals surface area contributed by atoms with Crippen LogP contribution in [0.3, 0.4) is 0 Å². The summed E-state index contributed by atoms with van der Waals surface area (Å²) in [5.74, 6) is -0.160. The standard InChI is InChI=1S/C15H22N2O4S/c1-10-5-6-13(22(19,20)16-4)7-14(10)15(18)17-8-11(2)21-12(3)9-17/h5-7,11-12,16H,8-9H2,1-4H3. The summed E-state index contributed by atoms with van der Waals surface area (Å²) in [4.78, 5) is 14.5. The number of morpholine rings is 1. The summed E-state index contributed by atoms with van der Waals surface area (Å²) in [6.45, 7) is 6.66. The molecule has 1 aliphatic heterocycles. The van der Waals surface area contributed by atoms with Gasteiger partial charge in [-0.05, 0) is 45.5 Å². The molecule has 7 heteroatoms. The van der Waals surface area contributed by atoms with Crippen LogP contribution in [0.4, 0.5) is 0 Å². The normalized spacial score (nSPS) is 22.6. The summed E-state index contributed by atoms with van der Waals surface area (Å²) in [5.41, 5.74) is 1.17. The van der Waals surface area contributed by atoms with Crippen LogP contribution in [-0.4, -0.2) is 51.6 Å². The van der Waals surface area contributed by atoms with Gasteiger partial charge in [0.15, 0.2) is 0 Å². The number of benzene rings is 1. The van der Waals surface area contributed by atoms with Gasteiger partial charge in [-0.15, -0.1) is 0 Å². The van der Waals surface area contributed by atoms with Gasteiger partial charge >= 0.3 is 0 Å². The molecule has 122 valence electrons. The van der Waals surface area contributed by atoms with Crippen LogP contribution in [-0.2, 0) is 14.8 Å². The first-order chi connectivity index (χ1) is 10.2. The van der Waals surface area contributed by atoms with E-state index in [1.807, 2.05) is 13.8 Å². The summed E-state index contributed by atoms with van der Waals surface area (Å²) >= 11 is 0. The Morgan fingerprint density at radius 2 is 1.86 bits per heavy atom. The van der Waals surface area contributed by atoms with E-state index >= 15 is 0 Å². The number of nitrogens with zero attached hydrogens (tertiary/aromatic N) is 1. The zero-order valence-corrected chi connectivity index (χ0v) is 14.1. The van der Waals surface area contributed by atoms with Crippen LogP contribution >= 0.6 is 0 Å². The lowest BCUT2D eigenvalue weighted by atomic mass is 10.1. The zero-order chi connectivity index (χ0) is 16.5. The smallest absolute Gasteiger partial charge is 0.254 e. The maximum Gasteiger partial charge on any atom is 0.254 e. The number of aryl methyl sites for hydroxylation is 1. The van der Waals surface area contributed by atoms with E-state index in [0.29, 0.717) is 18.7 Å². The molecule has 1 aliphatic rings. The topological polar surface area (TPSA) is 75.7 Å². The molecule has 1 N–H and O–H groups in total. The molecule has 1 aromatic rings. The molecule has 0 saturated carbocycles. The number of hydrogen-bond donors (Lipinski definition) is 1.